The quantitative estimate of drug-likeness (QED) is 0.851. The average molecular weight is 381 g/mol. The van der Waals surface area contributed by atoms with E-state index in [4.69, 9.17) is 23.2 Å². The molecule has 1 fully saturated rings. The molecule has 0 radical (unpaired) electrons. The second-order valence-electron chi connectivity index (χ2n) is 5.74. The van der Waals surface area contributed by atoms with Gasteiger partial charge in [0.15, 0.2) is 0 Å². The van der Waals surface area contributed by atoms with Gasteiger partial charge in [0, 0.05) is 29.2 Å². The van der Waals surface area contributed by atoms with Crippen LogP contribution in [0.1, 0.15) is 18.4 Å². The Morgan fingerprint density at radius 3 is 2.64 bits per heavy atom. The third-order valence-corrected chi connectivity index (χ3v) is 4.65. The summed E-state index contributed by atoms with van der Waals surface area (Å²) in [6.45, 7) is 0.635. The molecule has 2 aromatic rings. The number of nitrogens with zero attached hydrogens (tertiary/aromatic N) is 1. The van der Waals surface area contributed by atoms with Gasteiger partial charge in [0.05, 0.1) is 17.1 Å². The number of hydrogen-bond acceptors (Lipinski definition) is 2. The van der Waals surface area contributed by atoms with Crippen molar-refractivity contribution >= 4 is 46.4 Å². The predicted octanol–water partition coefficient (Wildman–Crippen LogP) is 4.44. The third kappa shape index (κ3) is 3.94. The topological polar surface area (TPSA) is 49.4 Å². The minimum atomic E-state index is -0.524. The molecule has 3 rings (SSSR count). The number of halogens is 3. The summed E-state index contributed by atoms with van der Waals surface area (Å²) >= 11 is 12.2. The molecule has 1 N–H and O–H groups in total. The lowest BCUT2D eigenvalue weighted by atomic mass is 10.1. The van der Waals surface area contributed by atoms with Crippen LogP contribution in [0.4, 0.5) is 15.8 Å². The van der Waals surface area contributed by atoms with Crippen molar-refractivity contribution in [3.8, 4) is 0 Å². The highest BCUT2D eigenvalue weighted by Crippen LogP contribution is 2.31. The minimum absolute atomic E-state index is 0.0351. The van der Waals surface area contributed by atoms with Gasteiger partial charge in [0.2, 0.25) is 11.8 Å². The standard InChI is InChI=1S/C18H15Cl2FN2O2/c19-13-3-1-4-15(21)12(13)10-17(24)22-11-6-7-16(14(20)9-11)23-8-2-5-18(23)25/h1,3-4,6-7,9H,2,5,8,10H2,(H,22,24). The largest absolute Gasteiger partial charge is 0.326 e. The molecule has 2 amide bonds. The van der Waals surface area contributed by atoms with Gasteiger partial charge in [-0.3, -0.25) is 9.59 Å². The maximum Gasteiger partial charge on any atom is 0.228 e. The number of carbonyl (C=O) groups excluding carboxylic acids is 2. The van der Waals surface area contributed by atoms with E-state index in [9.17, 15) is 14.0 Å². The van der Waals surface area contributed by atoms with Gasteiger partial charge in [0.25, 0.3) is 0 Å². The van der Waals surface area contributed by atoms with E-state index in [2.05, 4.69) is 5.32 Å². The van der Waals surface area contributed by atoms with Crippen molar-refractivity contribution in [1.82, 2.24) is 0 Å². The Labute approximate surface area is 154 Å². The first-order valence-corrected chi connectivity index (χ1v) is 8.54. The van der Waals surface area contributed by atoms with Crippen molar-refractivity contribution in [2.75, 3.05) is 16.8 Å². The lowest BCUT2D eigenvalue weighted by Gasteiger charge is -2.18. The normalized spacial score (nSPS) is 14.0. The molecule has 130 valence electrons. The number of benzene rings is 2. The maximum absolute atomic E-state index is 13.8. The fourth-order valence-corrected chi connectivity index (χ4v) is 3.29. The Morgan fingerprint density at radius 2 is 2.00 bits per heavy atom. The van der Waals surface area contributed by atoms with E-state index >= 15 is 0 Å². The Kier molecular flexibility index (Phi) is 5.25. The highest BCUT2D eigenvalue weighted by Gasteiger charge is 2.23. The van der Waals surface area contributed by atoms with E-state index in [0.29, 0.717) is 29.4 Å². The summed E-state index contributed by atoms with van der Waals surface area (Å²) < 4.78 is 13.8. The zero-order chi connectivity index (χ0) is 18.0. The van der Waals surface area contributed by atoms with E-state index in [1.165, 1.54) is 18.2 Å². The summed E-state index contributed by atoms with van der Waals surface area (Å²) in [6, 6.07) is 9.20. The van der Waals surface area contributed by atoms with Gasteiger partial charge in [-0.1, -0.05) is 29.3 Å². The molecule has 0 bridgehead atoms. The number of anilines is 2. The number of hydrogen-bond donors (Lipinski definition) is 1. The van der Waals surface area contributed by atoms with Gasteiger partial charge in [-0.05, 0) is 36.8 Å². The summed E-state index contributed by atoms with van der Waals surface area (Å²) in [5.41, 5.74) is 1.24. The fourth-order valence-electron chi connectivity index (χ4n) is 2.77. The first-order valence-electron chi connectivity index (χ1n) is 7.78. The highest BCUT2D eigenvalue weighted by molar-refractivity contribution is 6.34. The van der Waals surface area contributed by atoms with E-state index in [-0.39, 0.29) is 22.9 Å². The Morgan fingerprint density at radius 1 is 1.20 bits per heavy atom. The average Bonchev–Trinajstić information content (AvgIpc) is 2.97. The molecule has 2 aromatic carbocycles. The molecule has 0 spiro atoms. The lowest BCUT2D eigenvalue weighted by molar-refractivity contribution is -0.117. The SMILES string of the molecule is O=C(Cc1c(F)cccc1Cl)Nc1ccc(N2CCCC2=O)c(Cl)c1. The summed E-state index contributed by atoms with van der Waals surface area (Å²) in [5.74, 6) is -0.899. The first-order chi connectivity index (χ1) is 12.0. The molecule has 0 aliphatic carbocycles. The van der Waals surface area contributed by atoms with Crippen LogP contribution in [0, 0.1) is 5.82 Å². The van der Waals surface area contributed by atoms with Crippen LogP contribution in [-0.2, 0) is 16.0 Å². The van der Waals surface area contributed by atoms with Gasteiger partial charge >= 0.3 is 0 Å². The van der Waals surface area contributed by atoms with Crippen molar-refractivity contribution in [3.05, 3.63) is 57.8 Å². The van der Waals surface area contributed by atoms with Crippen LogP contribution in [0.3, 0.4) is 0 Å². The number of carbonyl (C=O) groups is 2. The molecule has 1 aliphatic heterocycles. The Hall–Kier alpha value is -2.11. The molecule has 0 aromatic heterocycles. The van der Waals surface area contributed by atoms with E-state index in [1.54, 1.807) is 23.1 Å². The van der Waals surface area contributed by atoms with Crippen LogP contribution < -0.4 is 10.2 Å². The lowest BCUT2D eigenvalue weighted by Crippen LogP contribution is -2.24. The Bertz CT molecular complexity index is 822. The smallest absolute Gasteiger partial charge is 0.228 e. The van der Waals surface area contributed by atoms with Gasteiger partial charge in [-0.25, -0.2) is 4.39 Å². The summed E-state index contributed by atoms with van der Waals surface area (Å²) in [7, 11) is 0. The van der Waals surface area contributed by atoms with Gasteiger partial charge in [0.1, 0.15) is 5.82 Å². The van der Waals surface area contributed by atoms with Crippen LogP contribution in [0.15, 0.2) is 36.4 Å². The van der Waals surface area contributed by atoms with Gasteiger partial charge in [-0.15, -0.1) is 0 Å². The zero-order valence-electron chi connectivity index (χ0n) is 13.2. The first kappa shape index (κ1) is 17.7. The van der Waals surface area contributed by atoms with Crippen LogP contribution in [0.2, 0.25) is 10.0 Å². The Balaban J connectivity index is 1.72. The number of nitrogens with one attached hydrogen (secondary N) is 1. The number of amides is 2. The molecule has 4 nitrogen and oxygen atoms in total. The van der Waals surface area contributed by atoms with Crippen LogP contribution in [0.5, 0.6) is 0 Å². The molecule has 0 saturated carbocycles. The van der Waals surface area contributed by atoms with Crippen LogP contribution in [-0.4, -0.2) is 18.4 Å². The minimum Gasteiger partial charge on any atom is -0.326 e. The highest BCUT2D eigenvalue weighted by atomic mass is 35.5. The van der Waals surface area contributed by atoms with Gasteiger partial charge < -0.3 is 10.2 Å². The molecule has 1 aliphatic rings. The fraction of sp³-hybridized carbons (Fsp3) is 0.222. The van der Waals surface area contributed by atoms with Crippen molar-refractivity contribution in [2.24, 2.45) is 0 Å². The monoisotopic (exact) mass is 380 g/mol. The molecular formula is C18H15Cl2FN2O2. The summed E-state index contributed by atoms with van der Waals surface area (Å²) in [4.78, 5) is 25.6. The van der Waals surface area contributed by atoms with Crippen LogP contribution in [0.25, 0.3) is 0 Å². The third-order valence-electron chi connectivity index (χ3n) is 3.99. The zero-order valence-corrected chi connectivity index (χ0v) is 14.7. The van der Waals surface area contributed by atoms with Crippen molar-refractivity contribution < 1.29 is 14.0 Å². The van der Waals surface area contributed by atoms with Gasteiger partial charge in [-0.2, -0.15) is 0 Å². The second-order valence-corrected chi connectivity index (χ2v) is 6.55. The van der Waals surface area contributed by atoms with Crippen molar-refractivity contribution in [1.29, 1.82) is 0 Å². The molecule has 7 heteroatoms. The van der Waals surface area contributed by atoms with E-state index < -0.39 is 11.7 Å². The molecular weight excluding hydrogens is 366 g/mol. The van der Waals surface area contributed by atoms with E-state index in [1.807, 2.05) is 0 Å². The predicted molar refractivity (Wildman–Crippen MR) is 96.8 cm³/mol. The van der Waals surface area contributed by atoms with Crippen molar-refractivity contribution in [2.45, 2.75) is 19.3 Å². The molecule has 25 heavy (non-hydrogen) atoms. The van der Waals surface area contributed by atoms with Crippen molar-refractivity contribution in [3.63, 3.8) is 0 Å². The summed E-state index contributed by atoms with van der Waals surface area (Å²) in [5, 5.41) is 3.24. The molecule has 1 heterocycles. The molecule has 0 atom stereocenters. The second kappa shape index (κ2) is 7.42. The van der Waals surface area contributed by atoms with E-state index in [0.717, 1.165) is 6.42 Å². The van der Waals surface area contributed by atoms with Crippen LogP contribution >= 0.6 is 23.2 Å². The molecule has 1 saturated heterocycles. The maximum atomic E-state index is 13.8. The summed E-state index contributed by atoms with van der Waals surface area (Å²) in [6.07, 6.45) is 1.13. The number of rotatable bonds is 4. The molecule has 0 unspecified atom stereocenters.